The van der Waals surface area contributed by atoms with Gasteiger partial charge in [0.2, 0.25) is 5.91 Å². The summed E-state index contributed by atoms with van der Waals surface area (Å²) in [5.41, 5.74) is 3.16. The van der Waals surface area contributed by atoms with Gasteiger partial charge in [0.15, 0.2) is 0 Å². The lowest BCUT2D eigenvalue weighted by molar-refractivity contribution is -0.132. The number of carbonyl (C=O) groups excluding carboxylic acids is 1. The van der Waals surface area contributed by atoms with Crippen LogP contribution in [0.4, 0.5) is 0 Å². The van der Waals surface area contributed by atoms with Gasteiger partial charge in [-0.05, 0) is 24.1 Å². The summed E-state index contributed by atoms with van der Waals surface area (Å²) in [5, 5.41) is 11.0. The molecule has 3 heterocycles. The summed E-state index contributed by atoms with van der Waals surface area (Å²) in [7, 11) is 0. The number of hydrogen-bond donors (Lipinski definition) is 0. The van der Waals surface area contributed by atoms with Crippen molar-refractivity contribution in [3.63, 3.8) is 0 Å². The van der Waals surface area contributed by atoms with Crippen LogP contribution in [0.3, 0.4) is 0 Å². The van der Waals surface area contributed by atoms with E-state index in [0.717, 1.165) is 56.1 Å². The molecule has 0 atom stereocenters. The van der Waals surface area contributed by atoms with Crippen LogP contribution in [0, 0.1) is 0 Å². The molecule has 4 rings (SSSR count). The minimum absolute atomic E-state index is 0.193. The molecule has 7 nitrogen and oxygen atoms in total. The van der Waals surface area contributed by atoms with E-state index in [1.54, 1.807) is 24.0 Å². The number of hydrogen-bond acceptors (Lipinski definition) is 6. The van der Waals surface area contributed by atoms with Gasteiger partial charge in [-0.25, -0.2) is 4.98 Å². The summed E-state index contributed by atoms with van der Waals surface area (Å²) in [6.45, 7) is 6.37. The van der Waals surface area contributed by atoms with Crippen LogP contribution in [-0.2, 0) is 24.2 Å². The van der Waals surface area contributed by atoms with Crippen LogP contribution in [0.1, 0.15) is 23.2 Å². The number of piperazine rings is 1. The molecule has 0 saturated carbocycles. The van der Waals surface area contributed by atoms with E-state index in [-0.39, 0.29) is 5.91 Å². The molecular formula is C20H24N6OS. The third-order valence-electron chi connectivity index (χ3n) is 5.02. The molecule has 1 fully saturated rings. The molecule has 28 heavy (non-hydrogen) atoms. The highest BCUT2D eigenvalue weighted by Crippen LogP contribution is 2.15. The SMILES string of the molecule is CCc1nc(CN2CCN(C(=O)Cc3ccc(-n4cnnc4)cc3)CC2)cs1. The molecule has 1 amide bonds. The molecule has 0 aliphatic carbocycles. The first-order valence-electron chi connectivity index (χ1n) is 9.58. The Labute approximate surface area is 168 Å². The summed E-state index contributed by atoms with van der Waals surface area (Å²) in [6, 6.07) is 7.97. The van der Waals surface area contributed by atoms with Crippen molar-refractivity contribution in [2.45, 2.75) is 26.3 Å². The Kier molecular flexibility index (Phi) is 5.78. The van der Waals surface area contributed by atoms with Gasteiger partial charge in [-0.1, -0.05) is 19.1 Å². The second-order valence-electron chi connectivity index (χ2n) is 6.96. The van der Waals surface area contributed by atoms with Crippen molar-refractivity contribution in [1.82, 2.24) is 29.5 Å². The van der Waals surface area contributed by atoms with Crippen LogP contribution < -0.4 is 0 Å². The quantitative estimate of drug-likeness (QED) is 0.639. The molecule has 0 spiro atoms. The van der Waals surface area contributed by atoms with Gasteiger partial charge < -0.3 is 4.90 Å². The van der Waals surface area contributed by atoms with E-state index in [1.807, 2.05) is 33.7 Å². The second-order valence-corrected chi connectivity index (χ2v) is 7.90. The number of carbonyl (C=O) groups is 1. The van der Waals surface area contributed by atoms with Gasteiger partial charge in [-0.2, -0.15) is 0 Å². The van der Waals surface area contributed by atoms with Gasteiger partial charge >= 0.3 is 0 Å². The summed E-state index contributed by atoms with van der Waals surface area (Å²) in [6.07, 6.45) is 4.75. The Bertz CT molecular complexity index is 897. The van der Waals surface area contributed by atoms with E-state index >= 15 is 0 Å². The maximum atomic E-state index is 12.7. The zero-order valence-electron chi connectivity index (χ0n) is 16.0. The van der Waals surface area contributed by atoms with Crippen molar-refractivity contribution in [3.05, 3.63) is 58.6 Å². The first-order valence-corrected chi connectivity index (χ1v) is 10.5. The highest BCUT2D eigenvalue weighted by Gasteiger charge is 2.21. The summed E-state index contributed by atoms with van der Waals surface area (Å²) >= 11 is 1.73. The van der Waals surface area contributed by atoms with E-state index in [0.29, 0.717) is 6.42 Å². The number of thiazole rings is 1. The van der Waals surface area contributed by atoms with E-state index in [1.165, 1.54) is 5.01 Å². The molecule has 146 valence electrons. The maximum absolute atomic E-state index is 12.7. The highest BCUT2D eigenvalue weighted by molar-refractivity contribution is 7.09. The summed E-state index contributed by atoms with van der Waals surface area (Å²) < 4.78 is 1.84. The average molecular weight is 397 g/mol. The van der Waals surface area contributed by atoms with Crippen molar-refractivity contribution in [2.75, 3.05) is 26.2 Å². The average Bonchev–Trinajstić information content (AvgIpc) is 3.41. The van der Waals surface area contributed by atoms with Crippen LogP contribution in [0.2, 0.25) is 0 Å². The first kappa shape index (κ1) is 18.8. The zero-order chi connectivity index (χ0) is 19.3. The first-order chi connectivity index (χ1) is 13.7. The molecule has 8 heteroatoms. The van der Waals surface area contributed by atoms with E-state index in [9.17, 15) is 4.79 Å². The largest absolute Gasteiger partial charge is 0.340 e. The molecule has 0 N–H and O–H groups in total. The predicted molar refractivity (Wildman–Crippen MR) is 108 cm³/mol. The lowest BCUT2D eigenvalue weighted by Gasteiger charge is -2.34. The smallest absolute Gasteiger partial charge is 0.227 e. The van der Waals surface area contributed by atoms with Crippen LogP contribution in [0.15, 0.2) is 42.3 Å². The van der Waals surface area contributed by atoms with Crippen LogP contribution in [-0.4, -0.2) is 61.6 Å². The monoisotopic (exact) mass is 396 g/mol. The Morgan fingerprint density at radius 1 is 1.07 bits per heavy atom. The van der Waals surface area contributed by atoms with Crippen LogP contribution in [0.25, 0.3) is 5.69 Å². The van der Waals surface area contributed by atoms with Crippen molar-refractivity contribution in [2.24, 2.45) is 0 Å². The number of aryl methyl sites for hydroxylation is 1. The highest BCUT2D eigenvalue weighted by atomic mass is 32.1. The Balaban J connectivity index is 1.27. The van der Waals surface area contributed by atoms with Gasteiger partial charge in [-0.15, -0.1) is 21.5 Å². The second kappa shape index (κ2) is 8.62. The van der Waals surface area contributed by atoms with Crippen LogP contribution in [0.5, 0.6) is 0 Å². The Morgan fingerprint density at radius 2 is 1.79 bits per heavy atom. The van der Waals surface area contributed by atoms with Gasteiger partial charge in [0.1, 0.15) is 12.7 Å². The summed E-state index contributed by atoms with van der Waals surface area (Å²) in [5.74, 6) is 0.193. The molecule has 3 aromatic rings. The fourth-order valence-electron chi connectivity index (χ4n) is 3.37. The van der Waals surface area contributed by atoms with Gasteiger partial charge in [0.05, 0.1) is 17.1 Å². The third kappa shape index (κ3) is 4.45. The molecule has 1 saturated heterocycles. The molecule has 0 bridgehead atoms. The van der Waals surface area contributed by atoms with Gasteiger partial charge in [0.25, 0.3) is 0 Å². The Hall–Kier alpha value is -2.58. The predicted octanol–water partition coefficient (Wildman–Crippen LogP) is 2.17. The number of rotatable bonds is 6. The maximum Gasteiger partial charge on any atom is 0.227 e. The molecule has 0 unspecified atom stereocenters. The van der Waals surface area contributed by atoms with Gasteiger partial charge in [-0.3, -0.25) is 14.3 Å². The minimum Gasteiger partial charge on any atom is -0.340 e. The van der Waals surface area contributed by atoms with Gasteiger partial charge in [0, 0.05) is 43.8 Å². The van der Waals surface area contributed by atoms with E-state index in [4.69, 9.17) is 0 Å². The van der Waals surface area contributed by atoms with E-state index in [2.05, 4.69) is 32.4 Å². The molecule has 2 aromatic heterocycles. The minimum atomic E-state index is 0.193. The molecule has 1 aromatic carbocycles. The summed E-state index contributed by atoms with van der Waals surface area (Å²) in [4.78, 5) is 21.7. The Morgan fingerprint density at radius 3 is 2.43 bits per heavy atom. The lowest BCUT2D eigenvalue weighted by Crippen LogP contribution is -2.48. The normalized spacial score (nSPS) is 15.1. The fourth-order valence-corrected chi connectivity index (χ4v) is 4.11. The zero-order valence-corrected chi connectivity index (χ0v) is 16.8. The fraction of sp³-hybridized carbons (Fsp3) is 0.400. The third-order valence-corrected chi connectivity index (χ3v) is 6.06. The van der Waals surface area contributed by atoms with Crippen molar-refractivity contribution in [1.29, 1.82) is 0 Å². The van der Waals surface area contributed by atoms with Crippen molar-refractivity contribution >= 4 is 17.2 Å². The number of nitrogens with zero attached hydrogens (tertiary/aromatic N) is 6. The van der Waals surface area contributed by atoms with Crippen molar-refractivity contribution < 1.29 is 4.79 Å². The molecule has 1 aliphatic heterocycles. The lowest BCUT2D eigenvalue weighted by atomic mass is 10.1. The van der Waals surface area contributed by atoms with E-state index < -0.39 is 0 Å². The topological polar surface area (TPSA) is 67.2 Å². The van der Waals surface area contributed by atoms with Crippen LogP contribution >= 0.6 is 11.3 Å². The number of benzene rings is 1. The number of amides is 1. The number of aromatic nitrogens is 4. The molecule has 1 aliphatic rings. The molecular weight excluding hydrogens is 372 g/mol. The molecule has 0 radical (unpaired) electrons. The standard InChI is InChI=1S/C20H24N6OS/c1-2-19-23-17(13-28-19)12-24-7-9-25(10-8-24)20(27)11-16-3-5-18(6-4-16)26-14-21-22-15-26/h3-6,13-15H,2,7-12H2,1H3. The van der Waals surface area contributed by atoms with Crippen molar-refractivity contribution in [3.8, 4) is 5.69 Å².